The SMILES string of the molecule is [CH2]c1ccc(-c2ccccc2S(N)(=O)=O)cc1. The Balaban J connectivity index is 2.64. The van der Waals surface area contributed by atoms with Gasteiger partial charge in [0, 0.05) is 5.56 Å². The van der Waals surface area contributed by atoms with Gasteiger partial charge in [0.25, 0.3) is 0 Å². The number of rotatable bonds is 2. The Labute approximate surface area is 101 Å². The minimum atomic E-state index is -3.71. The largest absolute Gasteiger partial charge is 0.238 e. The highest BCUT2D eigenvalue weighted by Gasteiger charge is 2.13. The van der Waals surface area contributed by atoms with Gasteiger partial charge in [0.15, 0.2) is 0 Å². The van der Waals surface area contributed by atoms with Crippen LogP contribution in [0.2, 0.25) is 0 Å². The van der Waals surface area contributed by atoms with Crippen molar-refractivity contribution in [2.24, 2.45) is 5.14 Å². The zero-order valence-corrected chi connectivity index (χ0v) is 9.94. The Bertz CT molecular complexity index is 631. The Morgan fingerprint density at radius 2 is 1.53 bits per heavy atom. The molecule has 0 saturated carbocycles. The van der Waals surface area contributed by atoms with Gasteiger partial charge < -0.3 is 0 Å². The number of primary sulfonamides is 1. The molecule has 0 fully saturated rings. The van der Waals surface area contributed by atoms with E-state index < -0.39 is 10.0 Å². The van der Waals surface area contributed by atoms with Gasteiger partial charge in [0.2, 0.25) is 10.0 Å². The van der Waals surface area contributed by atoms with E-state index >= 15 is 0 Å². The third-order valence-electron chi connectivity index (χ3n) is 2.46. The van der Waals surface area contributed by atoms with Gasteiger partial charge in [-0.25, -0.2) is 13.6 Å². The van der Waals surface area contributed by atoms with Gasteiger partial charge in [-0.2, -0.15) is 0 Å². The van der Waals surface area contributed by atoms with Gasteiger partial charge in [0.1, 0.15) is 0 Å². The average molecular weight is 246 g/mol. The van der Waals surface area contributed by atoms with Crippen molar-refractivity contribution in [3.63, 3.8) is 0 Å². The maximum absolute atomic E-state index is 11.5. The van der Waals surface area contributed by atoms with Crippen LogP contribution in [-0.4, -0.2) is 8.42 Å². The second-order valence-corrected chi connectivity index (χ2v) is 5.27. The fraction of sp³-hybridized carbons (Fsp3) is 0. The van der Waals surface area contributed by atoms with Gasteiger partial charge >= 0.3 is 0 Å². The van der Waals surface area contributed by atoms with Crippen molar-refractivity contribution >= 4 is 10.0 Å². The zero-order valence-electron chi connectivity index (χ0n) is 9.13. The van der Waals surface area contributed by atoms with Crippen LogP contribution in [0.25, 0.3) is 11.1 Å². The van der Waals surface area contributed by atoms with Crippen LogP contribution in [0.1, 0.15) is 5.56 Å². The number of hydrogen-bond acceptors (Lipinski definition) is 2. The molecule has 0 aromatic heterocycles. The van der Waals surface area contributed by atoms with Gasteiger partial charge in [0.05, 0.1) is 4.90 Å². The predicted molar refractivity (Wildman–Crippen MR) is 67.7 cm³/mol. The van der Waals surface area contributed by atoms with Crippen molar-refractivity contribution in [3.05, 3.63) is 61.0 Å². The first kappa shape index (κ1) is 11.8. The molecule has 0 heterocycles. The summed E-state index contributed by atoms with van der Waals surface area (Å²) >= 11 is 0. The van der Waals surface area contributed by atoms with Crippen LogP contribution in [0.15, 0.2) is 53.4 Å². The lowest BCUT2D eigenvalue weighted by Gasteiger charge is -2.07. The molecular weight excluding hydrogens is 234 g/mol. The first-order valence-corrected chi connectivity index (χ1v) is 6.57. The summed E-state index contributed by atoms with van der Waals surface area (Å²) in [6, 6.07) is 14.0. The molecular formula is C13H12NO2S. The van der Waals surface area contributed by atoms with E-state index in [0.29, 0.717) is 5.56 Å². The highest BCUT2D eigenvalue weighted by Crippen LogP contribution is 2.26. The lowest BCUT2D eigenvalue weighted by Crippen LogP contribution is -2.13. The lowest BCUT2D eigenvalue weighted by atomic mass is 10.0. The maximum atomic E-state index is 11.5. The molecule has 2 rings (SSSR count). The molecule has 17 heavy (non-hydrogen) atoms. The van der Waals surface area contributed by atoms with Crippen molar-refractivity contribution in [2.45, 2.75) is 4.90 Å². The molecule has 2 aromatic rings. The molecule has 0 bridgehead atoms. The first-order chi connectivity index (χ1) is 7.98. The molecule has 0 amide bonds. The smallest absolute Gasteiger partial charge is 0.225 e. The van der Waals surface area contributed by atoms with Crippen LogP contribution in [0.4, 0.5) is 0 Å². The topological polar surface area (TPSA) is 60.2 Å². The number of nitrogens with two attached hydrogens (primary N) is 1. The lowest BCUT2D eigenvalue weighted by molar-refractivity contribution is 0.598. The van der Waals surface area contributed by atoms with Crippen molar-refractivity contribution in [3.8, 4) is 11.1 Å². The van der Waals surface area contributed by atoms with Crippen molar-refractivity contribution in [1.82, 2.24) is 0 Å². The molecule has 3 nitrogen and oxygen atoms in total. The summed E-state index contributed by atoms with van der Waals surface area (Å²) in [7, 11) is -3.71. The predicted octanol–water partition coefficient (Wildman–Crippen LogP) is 2.18. The molecule has 0 unspecified atom stereocenters. The second-order valence-electron chi connectivity index (χ2n) is 3.74. The Kier molecular flexibility index (Phi) is 3.00. The molecule has 4 heteroatoms. The maximum Gasteiger partial charge on any atom is 0.238 e. The van der Waals surface area contributed by atoms with E-state index in [4.69, 9.17) is 5.14 Å². The summed E-state index contributed by atoms with van der Waals surface area (Å²) in [5, 5.41) is 5.18. The molecule has 2 aromatic carbocycles. The number of benzene rings is 2. The van der Waals surface area contributed by atoms with E-state index in [1.54, 1.807) is 18.2 Å². The zero-order chi connectivity index (χ0) is 12.5. The quantitative estimate of drug-likeness (QED) is 0.882. The van der Waals surface area contributed by atoms with Crippen LogP contribution in [0.5, 0.6) is 0 Å². The van der Waals surface area contributed by atoms with Crippen molar-refractivity contribution in [1.29, 1.82) is 0 Å². The minimum absolute atomic E-state index is 0.136. The molecule has 0 saturated heterocycles. The average Bonchev–Trinajstić information content (AvgIpc) is 2.29. The summed E-state index contributed by atoms with van der Waals surface area (Å²) in [4.78, 5) is 0.136. The van der Waals surface area contributed by atoms with Crippen molar-refractivity contribution < 1.29 is 8.42 Å². The standard InChI is InChI=1S/C13H12NO2S/c1-10-6-8-11(9-7-10)12-4-2-3-5-13(12)17(14,15)16/h2-9H,1H2,(H2,14,15,16). The summed E-state index contributed by atoms with van der Waals surface area (Å²) in [5.41, 5.74) is 2.29. The second kappa shape index (κ2) is 4.31. The van der Waals surface area contributed by atoms with Gasteiger partial charge in [-0.1, -0.05) is 42.5 Å². The van der Waals surface area contributed by atoms with Crippen LogP contribution in [0, 0.1) is 6.92 Å². The highest BCUT2D eigenvalue weighted by atomic mass is 32.2. The number of hydrogen-bond donors (Lipinski definition) is 1. The molecule has 0 aliphatic carbocycles. The fourth-order valence-corrected chi connectivity index (χ4v) is 2.40. The first-order valence-electron chi connectivity index (χ1n) is 5.03. The van der Waals surface area contributed by atoms with Gasteiger partial charge in [-0.3, -0.25) is 0 Å². The molecule has 1 radical (unpaired) electrons. The Morgan fingerprint density at radius 1 is 0.941 bits per heavy atom. The van der Waals surface area contributed by atoms with Crippen LogP contribution in [0.3, 0.4) is 0 Å². The third-order valence-corrected chi connectivity index (χ3v) is 3.43. The third kappa shape index (κ3) is 2.54. The van der Waals surface area contributed by atoms with Crippen LogP contribution < -0.4 is 5.14 Å². The highest BCUT2D eigenvalue weighted by molar-refractivity contribution is 7.89. The van der Waals surface area contributed by atoms with E-state index in [1.165, 1.54) is 6.07 Å². The molecule has 0 atom stereocenters. The van der Waals surface area contributed by atoms with E-state index in [-0.39, 0.29) is 4.90 Å². The van der Waals surface area contributed by atoms with Gasteiger partial charge in [-0.15, -0.1) is 0 Å². The van der Waals surface area contributed by atoms with Crippen molar-refractivity contribution in [2.75, 3.05) is 0 Å². The monoisotopic (exact) mass is 246 g/mol. The summed E-state index contributed by atoms with van der Waals surface area (Å²) in [6.45, 7) is 3.78. The minimum Gasteiger partial charge on any atom is -0.225 e. The number of sulfonamides is 1. The summed E-state index contributed by atoms with van der Waals surface area (Å²) < 4.78 is 22.9. The normalized spacial score (nSPS) is 11.4. The van der Waals surface area contributed by atoms with E-state index in [1.807, 2.05) is 24.3 Å². The molecule has 2 N–H and O–H groups in total. The van der Waals surface area contributed by atoms with E-state index in [2.05, 4.69) is 6.92 Å². The summed E-state index contributed by atoms with van der Waals surface area (Å²) in [5.74, 6) is 0. The molecule has 0 aliphatic rings. The van der Waals surface area contributed by atoms with Gasteiger partial charge in [-0.05, 0) is 24.1 Å². The summed E-state index contributed by atoms with van der Waals surface area (Å²) in [6.07, 6.45) is 0. The van der Waals surface area contributed by atoms with Crippen LogP contribution >= 0.6 is 0 Å². The Morgan fingerprint density at radius 3 is 2.12 bits per heavy atom. The molecule has 0 aliphatic heterocycles. The molecule has 87 valence electrons. The Hall–Kier alpha value is -1.65. The van der Waals surface area contributed by atoms with E-state index in [9.17, 15) is 8.42 Å². The van der Waals surface area contributed by atoms with Crippen LogP contribution in [-0.2, 0) is 10.0 Å². The molecule has 0 spiro atoms. The fourth-order valence-electron chi connectivity index (χ4n) is 1.64. The van der Waals surface area contributed by atoms with E-state index in [0.717, 1.165) is 11.1 Å².